The molecule has 0 aromatic heterocycles. The second-order valence-corrected chi connectivity index (χ2v) is 2.74. The minimum absolute atomic E-state index is 0.368. The molecule has 0 heterocycles. The zero-order chi connectivity index (χ0) is 10.6. The maximum Gasteiger partial charge on any atom is 0.132 e. The number of benzene rings is 1. The largest absolute Gasteiger partial charge is 0.496 e. The first-order valence-corrected chi connectivity index (χ1v) is 4.15. The molecule has 14 heavy (non-hydrogen) atoms. The van der Waals surface area contributed by atoms with E-state index >= 15 is 0 Å². The topological polar surface area (TPSA) is 47.3 Å². The third-order valence-electron chi connectivity index (χ3n) is 1.96. The van der Waals surface area contributed by atoms with Crippen LogP contribution in [0.25, 0.3) is 0 Å². The average Bonchev–Trinajstić information content (AvgIpc) is 2.22. The van der Waals surface area contributed by atoms with Crippen LogP contribution in [0.15, 0.2) is 30.9 Å². The summed E-state index contributed by atoms with van der Waals surface area (Å²) in [6.45, 7) is 3.56. The summed E-state index contributed by atoms with van der Waals surface area (Å²) < 4.78 is 18.5. The molecule has 1 aromatic rings. The van der Waals surface area contributed by atoms with Crippen LogP contribution in [0.3, 0.4) is 0 Å². The van der Waals surface area contributed by atoms with E-state index in [1.165, 1.54) is 19.3 Å². The number of nitrogens with one attached hydrogen (secondary N) is 1. The van der Waals surface area contributed by atoms with E-state index < -0.39 is 6.04 Å². The van der Waals surface area contributed by atoms with Gasteiger partial charge in [0.05, 0.1) is 18.7 Å². The number of methoxy groups -OCH3 is 1. The molecule has 1 rings (SSSR count). The van der Waals surface area contributed by atoms with Crippen molar-refractivity contribution in [2.45, 2.75) is 6.04 Å². The zero-order valence-corrected chi connectivity index (χ0v) is 7.96. The summed E-state index contributed by atoms with van der Waals surface area (Å²) in [5, 5.41) is 0. The highest BCUT2D eigenvalue weighted by Gasteiger charge is 2.15. The monoisotopic (exact) mass is 196 g/mol. The van der Waals surface area contributed by atoms with Crippen molar-refractivity contribution in [1.82, 2.24) is 5.43 Å². The van der Waals surface area contributed by atoms with Crippen molar-refractivity contribution in [3.05, 3.63) is 42.2 Å². The van der Waals surface area contributed by atoms with Gasteiger partial charge in [-0.15, -0.1) is 6.58 Å². The molecule has 0 amide bonds. The molecule has 0 spiro atoms. The highest BCUT2D eigenvalue weighted by atomic mass is 19.1. The van der Waals surface area contributed by atoms with Gasteiger partial charge in [-0.2, -0.15) is 0 Å². The number of ether oxygens (including phenoxy) is 1. The lowest BCUT2D eigenvalue weighted by Crippen LogP contribution is -2.27. The summed E-state index contributed by atoms with van der Waals surface area (Å²) in [5.41, 5.74) is 2.81. The third kappa shape index (κ3) is 1.92. The predicted octanol–water partition coefficient (Wildman–Crippen LogP) is 1.52. The Morgan fingerprint density at radius 2 is 2.36 bits per heavy atom. The van der Waals surface area contributed by atoms with Gasteiger partial charge in [0, 0.05) is 0 Å². The van der Waals surface area contributed by atoms with Gasteiger partial charge < -0.3 is 4.74 Å². The standard InChI is InChI=1S/C10H13FN2O/c1-3-8(13-12)10-7(11)5-4-6-9(10)14-2/h3-6,8,13H,1,12H2,2H3. The van der Waals surface area contributed by atoms with Crippen molar-refractivity contribution in [3.63, 3.8) is 0 Å². The summed E-state index contributed by atoms with van der Waals surface area (Å²) >= 11 is 0. The molecular weight excluding hydrogens is 183 g/mol. The highest BCUT2D eigenvalue weighted by Crippen LogP contribution is 2.27. The summed E-state index contributed by atoms with van der Waals surface area (Å²) in [6.07, 6.45) is 1.51. The second-order valence-electron chi connectivity index (χ2n) is 2.74. The van der Waals surface area contributed by atoms with E-state index in [0.717, 1.165) is 0 Å². The minimum Gasteiger partial charge on any atom is -0.496 e. The number of nitrogens with two attached hydrogens (primary N) is 1. The lowest BCUT2D eigenvalue weighted by atomic mass is 10.1. The molecule has 1 unspecified atom stereocenters. The van der Waals surface area contributed by atoms with Gasteiger partial charge in [0.25, 0.3) is 0 Å². The Bertz CT molecular complexity index is 328. The van der Waals surface area contributed by atoms with E-state index in [1.807, 2.05) is 0 Å². The molecule has 1 aromatic carbocycles. The normalized spacial score (nSPS) is 12.2. The van der Waals surface area contributed by atoms with Gasteiger partial charge in [0.1, 0.15) is 11.6 Å². The number of rotatable bonds is 4. The first-order valence-electron chi connectivity index (χ1n) is 4.15. The van der Waals surface area contributed by atoms with E-state index in [1.54, 1.807) is 12.1 Å². The van der Waals surface area contributed by atoms with Crippen LogP contribution >= 0.6 is 0 Å². The molecule has 0 saturated heterocycles. The van der Waals surface area contributed by atoms with E-state index in [0.29, 0.717) is 11.3 Å². The van der Waals surface area contributed by atoms with Crippen LogP contribution < -0.4 is 16.0 Å². The number of hydrogen-bond acceptors (Lipinski definition) is 3. The highest BCUT2D eigenvalue weighted by molar-refractivity contribution is 5.38. The fourth-order valence-electron chi connectivity index (χ4n) is 1.27. The van der Waals surface area contributed by atoms with Crippen LogP contribution in [0.4, 0.5) is 4.39 Å². The Morgan fingerprint density at radius 1 is 1.64 bits per heavy atom. The van der Waals surface area contributed by atoms with E-state index in [4.69, 9.17) is 10.6 Å². The van der Waals surface area contributed by atoms with Crippen molar-refractivity contribution in [2.24, 2.45) is 5.84 Å². The van der Waals surface area contributed by atoms with Crippen molar-refractivity contribution >= 4 is 0 Å². The second kappa shape index (κ2) is 4.74. The van der Waals surface area contributed by atoms with Crippen LogP contribution in [0.2, 0.25) is 0 Å². The van der Waals surface area contributed by atoms with Gasteiger partial charge in [0.15, 0.2) is 0 Å². The third-order valence-corrected chi connectivity index (χ3v) is 1.96. The maximum absolute atomic E-state index is 13.4. The average molecular weight is 196 g/mol. The summed E-state index contributed by atoms with van der Waals surface area (Å²) in [4.78, 5) is 0. The van der Waals surface area contributed by atoms with Crippen LogP contribution in [-0.4, -0.2) is 7.11 Å². The molecular formula is C10H13FN2O. The SMILES string of the molecule is C=CC(NN)c1c(F)cccc1OC. The molecule has 0 aliphatic carbocycles. The Morgan fingerprint density at radius 3 is 2.86 bits per heavy atom. The molecule has 1 atom stereocenters. The number of hydrogen-bond donors (Lipinski definition) is 2. The van der Waals surface area contributed by atoms with Crippen molar-refractivity contribution in [1.29, 1.82) is 0 Å². The first-order chi connectivity index (χ1) is 6.74. The Labute approximate surface area is 82.3 Å². The summed E-state index contributed by atoms with van der Waals surface area (Å²) in [7, 11) is 1.48. The molecule has 0 bridgehead atoms. The molecule has 0 fully saturated rings. The van der Waals surface area contributed by atoms with Gasteiger partial charge in [-0.05, 0) is 12.1 Å². The van der Waals surface area contributed by atoms with Crippen LogP contribution in [0.1, 0.15) is 11.6 Å². The number of hydrazine groups is 1. The van der Waals surface area contributed by atoms with E-state index in [2.05, 4.69) is 12.0 Å². The summed E-state index contributed by atoms with van der Waals surface area (Å²) in [5.74, 6) is 5.35. The van der Waals surface area contributed by atoms with E-state index in [9.17, 15) is 4.39 Å². The van der Waals surface area contributed by atoms with Gasteiger partial charge >= 0.3 is 0 Å². The molecule has 0 radical (unpaired) electrons. The maximum atomic E-state index is 13.4. The molecule has 0 aliphatic rings. The molecule has 3 N–H and O–H groups in total. The first kappa shape index (κ1) is 10.7. The lowest BCUT2D eigenvalue weighted by Gasteiger charge is -2.15. The predicted molar refractivity (Wildman–Crippen MR) is 53.2 cm³/mol. The van der Waals surface area contributed by atoms with Gasteiger partial charge in [-0.1, -0.05) is 12.1 Å². The van der Waals surface area contributed by atoms with E-state index in [-0.39, 0.29) is 5.82 Å². The Balaban J connectivity index is 3.21. The molecule has 0 aliphatic heterocycles. The van der Waals surface area contributed by atoms with Gasteiger partial charge in [-0.25, -0.2) is 9.82 Å². The van der Waals surface area contributed by atoms with Crippen molar-refractivity contribution < 1.29 is 9.13 Å². The molecule has 76 valence electrons. The number of halogens is 1. The van der Waals surface area contributed by atoms with Crippen LogP contribution in [-0.2, 0) is 0 Å². The Kier molecular flexibility index (Phi) is 3.62. The lowest BCUT2D eigenvalue weighted by molar-refractivity contribution is 0.398. The fraction of sp³-hybridized carbons (Fsp3) is 0.200. The zero-order valence-electron chi connectivity index (χ0n) is 7.96. The molecule has 3 nitrogen and oxygen atoms in total. The van der Waals surface area contributed by atoms with Gasteiger partial charge in [0.2, 0.25) is 0 Å². The van der Waals surface area contributed by atoms with Crippen LogP contribution in [0.5, 0.6) is 5.75 Å². The smallest absolute Gasteiger partial charge is 0.132 e. The minimum atomic E-state index is -0.453. The fourth-order valence-corrected chi connectivity index (χ4v) is 1.27. The Hall–Kier alpha value is -1.39. The van der Waals surface area contributed by atoms with Crippen LogP contribution in [0, 0.1) is 5.82 Å². The summed E-state index contributed by atoms with van der Waals surface area (Å²) in [6, 6.07) is 4.15. The van der Waals surface area contributed by atoms with Gasteiger partial charge in [-0.3, -0.25) is 5.84 Å². The van der Waals surface area contributed by atoms with Crippen molar-refractivity contribution in [2.75, 3.05) is 7.11 Å². The quantitative estimate of drug-likeness (QED) is 0.436. The molecule has 4 heteroatoms. The molecule has 0 saturated carbocycles. The van der Waals surface area contributed by atoms with Crippen molar-refractivity contribution in [3.8, 4) is 5.75 Å².